The molecule has 0 unspecified atom stereocenters. The highest BCUT2D eigenvalue weighted by atomic mass is 16.5. The Morgan fingerprint density at radius 3 is 2.76 bits per heavy atom. The van der Waals surface area contributed by atoms with Gasteiger partial charge in [0, 0.05) is 38.2 Å². The molecule has 0 saturated carbocycles. The number of benzene rings is 2. The molecule has 37 heavy (non-hydrogen) atoms. The van der Waals surface area contributed by atoms with Crippen LogP contribution in [-0.4, -0.2) is 78.7 Å². The lowest BCUT2D eigenvalue weighted by atomic mass is 9.94. The van der Waals surface area contributed by atoms with Gasteiger partial charge in [-0.1, -0.05) is 24.8 Å². The molecule has 8 nitrogen and oxygen atoms in total. The van der Waals surface area contributed by atoms with Gasteiger partial charge in [0.15, 0.2) is 0 Å². The van der Waals surface area contributed by atoms with Crippen molar-refractivity contribution in [1.29, 1.82) is 0 Å². The molecule has 3 aliphatic rings. The summed E-state index contributed by atoms with van der Waals surface area (Å²) in [7, 11) is 0. The highest BCUT2D eigenvalue weighted by Crippen LogP contribution is 2.41. The van der Waals surface area contributed by atoms with Crippen molar-refractivity contribution in [3.05, 3.63) is 77.4 Å². The van der Waals surface area contributed by atoms with Crippen LogP contribution in [0.2, 0.25) is 0 Å². The number of carbonyl (C=O) groups excluding carboxylic acids is 2. The third kappa shape index (κ3) is 5.12. The molecule has 2 saturated heterocycles. The minimum Gasteiger partial charge on any atom is -0.507 e. The molecule has 2 fully saturated rings. The number of aliphatic hydroxyl groups is 1. The van der Waals surface area contributed by atoms with Crippen LogP contribution in [0.5, 0.6) is 11.5 Å². The Hall–Kier alpha value is -3.62. The van der Waals surface area contributed by atoms with Gasteiger partial charge >= 0.3 is 0 Å². The van der Waals surface area contributed by atoms with E-state index in [0.717, 1.165) is 30.8 Å². The van der Waals surface area contributed by atoms with Crippen LogP contribution in [0.3, 0.4) is 0 Å². The van der Waals surface area contributed by atoms with Crippen molar-refractivity contribution in [3.63, 3.8) is 0 Å². The zero-order valence-corrected chi connectivity index (χ0v) is 21.0. The van der Waals surface area contributed by atoms with Crippen molar-refractivity contribution >= 4 is 17.4 Å². The highest BCUT2D eigenvalue weighted by Gasteiger charge is 2.46. The average molecular weight is 505 g/mol. The molecule has 0 radical (unpaired) electrons. The van der Waals surface area contributed by atoms with Gasteiger partial charge < -0.3 is 24.2 Å². The van der Waals surface area contributed by atoms with Crippen molar-refractivity contribution < 1.29 is 28.9 Å². The molecular weight excluding hydrogens is 472 g/mol. The predicted molar refractivity (Wildman–Crippen MR) is 139 cm³/mol. The molecule has 3 heterocycles. The van der Waals surface area contributed by atoms with Crippen LogP contribution in [0.4, 0.5) is 0 Å². The lowest BCUT2D eigenvalue weighted by Gasteiger charge is -2.31. The summed E-state index contributed by atoms with van der Waals surface area (Å²) < 4.78 is 16.9. The molecule has 0 spiro atoms. The Balaban J connectivity index is 1.54. The first-order valence-electron chi connectivity index (χ1n) is 12.7. The molecule has 3 aliphatic heterocycles. The standard InChI is InChI=1S/C29H32N2O6/c1-3-13-36-23-6-4-5-20(18-23)26-25(27(32)21-7-8-24-22(17-21)16-19(2)37-24)28(33)29(34)31(26)10-9-30-11-14-35-15-12-30/h3-8,17-19,26,32H,1,9-16H2,2H3/t19-,26-/m0/s1. The zero-order chi connectivity index (χ0) is 25.9. The van der Waals surface area contributed by atoms with E-state index in [0.29, 0.717) is 49.8 Å². The van der Waals surface area contributed by atoms with Crippen LogP contribution >= 0.6 is 0 Å². The number of aliphatic hydroxyl groups excluding tert-OH is 1. The van der Waals surface area contributed by atoms with E-state index in [1.165, 1.54) is 0 Å². The molecule has 2 aromatic carbocycles. The summed E-state index contributed by atoms with van der Waals surface area (Å²) in [5.41, 5.74) is 2.24. The summed E-state index contributed by atoms with van der Waals surface area (Å²) in [5, 5.41) is 11.5. The van der Waals surface area contributed by atoms with Gasteiger partial charge in [0.25, 0.3) is 11.7 Å². The highest BCUT2D eigenvalue weighted by molar-refractivity contribution is 6.46. The normalized spacial score (nSPS) is 23.1. The van der Waals surface area contributed by atoms with Crippen LogP contribution in [0.15, 0.2) is 60.7 Å². The Morgan fingerprint density at radius 1 is 1.16 bits per heavy atom. The summed E-state index contributed by atoms with van der Waals surface area (Å²) in [6, 6.07) is 11.9. The molecule has 8 heteroatoms. The number of Topliss-reactive ketones (excluding diaryl/α,β-unsaturated/α-hetero) is 1. The predicted octanol–water partition coefficient (Wildman–Crippen LogP) is 3.33. The number of amides is 1. The maximum atomic E-state index is 13.4. The third-order valence-corrected chi connectivity index (χ3v) is 7.01. The summed E-state index contributed by atoms with van der Waals surface area (Å²) >= 11 is 0. The monoisotopic (exact) mass is 504 g/mol. The van der Waals surface area contributed by atoms with Gasteiger partial charge in [0.1, 0.15) is 30.0 Å². The van der Waals surface area contributed by atoms with E-state index < -0.39 is 17.7 Å². The number of hydrogen-bond donors (Lipinski definition) is 1. The molecule has 1 amide bonds. The summed E-state index contributed by atoms with van der Waals surface area (Å²) in [6.45, 7) is 9.79. The van der Waals surface area contributed by atoms with Crippen molar-refractivity contribution in [2.24, 2.45) is 0 Å². The van der Waals surface area contributed by atoms with Gasteiger partial charge in [-0.05, 0) is 48.4 Å². The fourth-order valence-electron chi connectivity index (χ4n) is 5.19. The van der Waals surface area contributed by atoms with E-state index in [2.05, 4.69) is 11.5 Å². The Bertz CT molecular complexity index is 1230. The maximum Gasteiger partial charge on any atom is 0.295 e. The minimum absolute atomic E-state index is 0.0523. The molecule has 2 atom stereocenters. The molecule has 0 aliphatic carbocycles. The average Bonchev–Trinajstić information content (AvgIpc) is 3.41. The number of fused-ring (bicyclic) bond motifs is 1. The topological polar surface area (TPSA) is 88.5 Å². The van der Waals surface area contributed by atoms with Crippen LogP contribution in [-0.2, 0) is 20.7 Å². The van der Waals surface area contributed by atoms with Gasteiger partial charge in [-0.3, -0.25) is 14.5 Å². The first kappa shape index (κ1) is 25.0. The van der Waals surface area contributed by atoms with Gasteiger partial charge in [-0.15, -0.1) is 0 Å². The van der Waals surface area contributed by atoms with E-state index in [9.17, 15) is 14.7 Å². The smallest absolute Gasteiger partial charge is 0.295 e. The molecule has 0 aromatic heterocycles. The Labute approximate surface area is 216 Å². The number of morpholine rings is 1. The van der Waals surface area contributed by atoms with Gasteiger partial charge in [0.05, 0.1) is 24.8 Å². The van der Waals surface area contributed by atoms with Crippen LogP contribution < -0.4 is 9.47 Å². The molecule has 1 N–H and O–H groups in total. The largest absolute Gasteiger partial charge is 0.507 e. The fourth-order valence-corrected chi connectivity index (χ4v) is 5.19. The molecule has 5 rings (SSSR count). The van der Waals surface area contributed by atoms with Crippen LogP contribution in [0, 0.1) is 0 Å². The SMILES string of the molecule is C=CCOc1cccc([C@H]2C(=C(O)c3ccc4c(c3)C[C@H](C)O4)C(=O)C(=O)N2CCN2CCOCC2)c1. The number of nitrogens with zero attached hydrogens (tertiary/aromatic N) is 2. The van der Waals surface area contributed by atoms with Crippen molar-refractivity contribution in [2.75, 3.05) is 46.0 Å². The number of rotatable bonds is 8. The quantitative estimate of drug-likeness (QED) is 0.255. The fraction of sp³-hybridized carbons (Fsp3) is 0.379. The second-order valence-corrected chi connectivity index (χ2v) is 9.57. The third-order valence-electron chi connectivity index (χ3n) is 7.01. The van der Waals surface area contributed by atoms with Gasteiger partial charge in [-0.25, -0.2) is 0 Å². The van der Waals surface area contributed by atoms with E-state index in [-0.39, 0.29) is 17.4 Å². The lowest BCUT2D eigenvalue weighted by Crippen LogP contribution is -2.42. The van der Waals surface area contributed by atoms with Gasteiger partial charge in [-0.2, -0.15) is 0 Å². The van der Waals surface area contributed by atoms with Crippen molar-refractivity contribution in [1.82, 2.24) is 9.80 Å². The maximum absolute atomic E-state index is 13.4. The van der Waals surface area contributed by atoms with Crippen molar-refractivity contribution in [3.8, 4) is 11.5 Å². The molecule has 2 aromatic rings. The Morgan fingerprint density at radius 2 is 1.97 bits per heavy atom. The van der Waals surface area contributed by atoms with E-state index in [1.807, 2.05) is 37.3 Å². The zero-order valence-electron chi connectivity index (χ0n) is 21.0. The summed E-state index contributed by atoms with van der Waals surface area (Å²) in [5.74, 6) is -0.113. The lowest BCUT2D eigenvalue weighted by molar-refractivity contribution is -0.140. The number of carbonyl (C=O) groups is 2. The van der Waals surface area contributed by atoms with E-state index in [1.54, 1.807) is 23.1 Å². The van der Waals surface area contributed by atoms with Crippen LogP contribution in [0.1, 0.15) is 29.7 Å². The first-order valence-corrected chi connectivity index (χ1v) is 12.7. The van der Waals surface area contributed by atoms with E-state index >= 15 is 0 Å². The first-order chi connectivity index (χ1) is 18.0. The second-order valence-electron chi connectivity index (χ2n) is 9.57. The van der Waals surface area contributed by atoms with Crippen molar-refractivity contribution in [2.45, 2.75) is 25.5 Å². The Kier molecular flexibility index (Phi) is 7.30. The van der Waals surface area contributed by atoms with Gasteiger partial charge in [0.2, 0.25) is 0 Å². The number of ether oxygens (including phenoxy) is 3. The number of hydrogen-bond acceptors (Lipinski definition) is 7. The summed E-state index contributed by atoms with van der Waals surface area (Å²) in [4.78, 5) is 30.5. The summed E-state index contributed by atoms with van der Waals surface area (Å²) in [6.07, 6.45) is 2.42. The molecular formula is C29H32N2O6. The minimum atomic E-state index is -0.739. The molecule has 194 valence electrons. The second kappa shape index (κ2) is 10.8. The molecule has 0 bridgehead atoms. The number of likely N-dealkylation sites (tertiary alicyclic amines) is 1. The van der Waals surface area contributed by atoms with Crippen LogP contribution in [0.25, 0.3) is 5.76 Å². The van der Waals surface area contributed by atoms with E-state index in [4.69, 9.17) is 14.2 Å². The number of ketones is 1.